The number of amides is 1. The van der Waals surface area contributed by atoms with Crippen molar-refractivity contribution in [2.45, 2.75) is 13.3 Å². The van der Waals surface area contributed by atoms with Gasteiger partial charge >= 0.3 is 0 Å². The lowest BCUT2D eigenvalue weighted by Crippen LogP contribution is -2.28. The van der Waals surface area contributed by atoms with Crippen molar-refractivity contribution in [1.82, 2.24) is 24.5 Å². The highest BCUT2D eigenvalue weighted by atomic mass is 79.9. The summed E-state index contributed by atoms with van der Waals surface area (Å²) in [5.41, 5.74) is 1.10. The third-order valence-electron chi connectivity index (χ3n) is 3.78. The summed E-state index contributed by atoms with van der Waals surface area (Å²) in [7, 11) is 3.48. The number of hydrogen-bond acceptors (Lipinski definition) is 4. The molecule has 0 aliphatic heterocycles. The third-order valence-corrected chi connectivity index (χ3v) is 4.63. The minimum Gasteiger partial charge on any atom is -0.471 e. The van der Waals surface area contributed by atoms with E-state index in [0.717, 1.165) is 15.9 Å². The number of nitrogens with zero attached hydrogens (tertiary/aromatic N) is 5. The van der Waals surface area contributed by atoms with Gasteiger partial charge < -0.3 is 9.64 Å². The van der Waals surface area contributed by atoms with Gasteiger partial charge in [-0.3, -0.25) is 9.48 Å². The van der Waals surface area contributed by atoms with E-state index in [1.807, 2.05) is 24.3 Å². The molecule has 26 heavy (non-hydrogen) atoms. The molecule has 0 radical (unpaired) electrons. The standard InChI is InChI=1S/C17H17BrClN5O2/c1-22(10-16-14(19)9-20-23(16)2)17(25)15-7-8-24(21-15)11-26-13-5-3-12(18)4-6-13/h3-9H,10-11H2,1-2H3. The molecule has 1 aromatic carbocycles. The molecular formula is C17H17BrClN5O2. The number of carbonyl (C=O) groups is 1. The van der Waals surface area contributed by atoms with Crippen molar-refractivity contribution in [1.29, 1.82) is 0 Å². The fraction of sp³-hybridized carbons (Fsp3) is 0.235. The largest absolute Gasteiger partial charge is 0.471 e. The molecule has 0 N–H and O–H groups in total. The van der Waals surface area contributed by atoms with Crippen LogP contribution in [0.25, 0.3) is 0 Å². The molecule has 0 spiro atoms. The summed E-state index contributed by atoms with van der Waals surface area (Å²) in [6, 6.07) is 9.16. The third kappa shape index (κ3) is 4.25. The molecule has 0 aliphatic rings. The lowest BCUT2D eigenvalue weighted by Gasteiger charge is -2.16. The zero-order valence-electron chi connectivity index (χ0n) is 14.3. The average Bonchev–Trinajstić information content (AvgIpc) is 3.22. The van der Waals surface area contributed by atoms with Gasteiger partial charge in [0.2, 0.25) is 0 Å². The topological polar surface area (TPSA) is 65.2 Å². The van der Waals surface area contributed by atoms with Crippen molar-refractivity contribution in [3.63, 3.8) is 0 Å². The number of benzene rings is 1. The summed E-state index contributed by atoms with van der Waals surface area (Å²) in [4.78, 5) is 14.1. The van der Waals surface area contributed by atoms with Crippen LogP contribution in [0.2, 0.25) is 5.02 Å². The minimum absolute atomic E-state index is 0.204. The van der Waals surface area contributed by atoms with Crippen molar-refractivity contribution >= 4 is 33.4 Å². The Kier molecular flexibility index (Phi) is 5.63. The summed E-state index contributed by atoms with van der Waals surface area (Å²) in [5.74, 6) is 0.518. The van der Waals surface area contributed by atoms with Gasteiger partial charge in [0.15, 0.2) is 12.4 Å². The van der Waals surface area contributed by atoms with Gasteiger partial charge in [-0.25, -0.2) is 4.68 Å². The molecule has 0 saturated carbocycles. The van der Waals surface area contributed by atoms with Crippen LogP contribution in [0.3, 0.4) is 0 Å². The molecule has 7 nitrogen and oxygen atoms in total. The van der Waals surface area contributed by atoms with Crippen LogP contribution in [-0.2, 0) is 20.3 Å². The molecule has 0 saturated heterocycles. The van der Waals surface area contributed by atoms with Crippen LogP contribution in [0, 0.1) is 0 Å². The van der Waals surface area contributed by atoms with Gasteiger partial charge in [0.1, 0.15) is 5.75 Å². The first-order chi connectivity index (χ1) is 12.4. The van der Waals surface area contributed by atoms with Crippen molar-refractivity contribution in [2.24, 2.45) is 7.05 Å². The van der Waals surface area contributed by atoms with Gasteiger partial charge in [0, 0.05) is 24.8 Å². The van der Waals surface area contributed by atoms with E-state index in [2.05, 4.69) is 26.1 Å². The molecule has 0 unspecified atom stereocenters. The monoisotopic (exact) mass is 437 g/mol. The van der Waals surface area contributed by atoms with Crippen LogP contribution in [0.15, 0.2) is 47.2 Å². The number of aryl methyl sites for hydroxylation is 1. The normalized spacial score (nSPS) is 10.8. The van der Waals surface area contributed by atoms with E-state index >= 15 is 0 Å². The highest BCUT2D eigenvalue weighted by Crippen LogP contribution is 2.17. The average molecular weight is 439 g/mol. The van der Waals surface area contributed by atoms with Crippen molar-refractivity contribution in [3.8, 4) is 5.75 Å². The number of ether oxygens (including phenoxy) is 1. The first kappa shape index (κ1) is 18.5. The highest BCUT2D eigenvalue weighted by molar-refractivity contribution is 9.10. The maximum atomic E-state index is 12.5. The lowest BCUT2D eigenvalue weighted by atomic mass is 10.3. The second-order valence-electron chi connectivity index (χ2n) is 5.69. The number of rotatable bonds is 6. The zero-order chi connectivity index (χ0) is 18.7. The van der Waals surface area contributed by atoms with Gasteiger partial charge in [-0.2, -0.15) is 10.2 Å². The summed E-state index contributed by atoms with van der Waals surface area (Å²) in [6.45, 7) is 0.558. The molecule has 0 fully saturated rings. The second kappa shape index (κ2) is 7.92. The van der Waals surface area contributed by atoms with Crippen molar-refractivity contribution < 1.29 is 9.53 Å². The molecule has 3 aromatic rings. The van der Waals surface area contributed by atoms with Crippen LogP contribution >= 0.6 is 27.5 Å². The molecule has 0 atom stereocenters. The maximum absolute atomic E-state index is 12.5. The Morgan fingerprint density at radius 2 is 2.04 bits per heavy atom. The zero-order valence-corrected chi connectivity index (χ0v) is 16.6. The Morgan fingerprint density at radius 1 is 1.31 bits per heavy atom. The predicted octanol–water partition coefficient (Wildman–Crippen LogP) is 3.34. The van der Waals surface area contributed by atoms with E-state index in [-0.39, 0.29) is 12.6 Å². The quantitative estimate of drug-likeness (QED) is 0.592. The second-order valence-corrected chi connectivity index (χ2v) is 7.01. The fourth-order valence-electron chi connectivity index (χ4n) is 2.33. The Balaban J connectivity index is 1.61. The van der Waals surface area contributed by atoms with E-state index in [1.54, 1.807) is 46.8 Å². The Hall–Kier alpha value is -2.32. The van der Waals surface area contributed by atoms with Gasteiger partial charge in [0.25, 0.3) is 5.91 Å². The summed E-state index contributed by atoms with van der Waals surface area (Å²) in [5, 5.41) is 8.87. The number of hydrogen-bond donors (Lipinski definition) is 0. The molecule has 2 heterocycles. The number of halogens is 2. The molecule has 136 valence electrons. The van der Waals surface area contributed by atoms with Crippen LogP contribution in [0.5, 0.6) is 5.75 Å². The van der Waals surface area contributed by atoms with Crippen LogP contribution in [0.1, 0.15) is 16.2 Å². The smallest absolute Gasteiger partial charge is 0.274 e. The molecule has 3 rings (SSSR count). The molecule has 2 aromatic heterocycles. The van der Waals surface area contributed by atoms with E-state index in [0.29, 0.717) is 17.3 Å². The molecule has 9 heteroatoms. The Morgan fingerprint density at radius 3 is 2.69 bits per heavy atom. The lowest BCUT2D eigenvalue weighted by molar-refractivity contribution is 0.0774. The minimum atomic E-state index is -0.204. The molecule has 0 aliphatic carbocycles. The highest BCUT2D eigenvalue weighted by Gasteiger charge is 2.18. The van der Waals surface area contributed by atoms with E-state index in [9.17, 15) is 4.79 Å². The van der Waals surface area contributed by atoms with E-state index < -0.39 is 0 Å². The maximum Gasteiger partial charge on any atom is 0.274 e. The van der Waals surface area contributed by atoms with Gasteiger partial charge in [-0.15, -0.1) is 0 Å². The molecular weight excluding hydrogens is 422 g/mol. The number of aromatic nitrogens is 4. The Bertz CT molecular complexity index is 887. The van der Waals surface area contributed by atoms with Crippen LogP contribution in [-0.4, -0.2) is 37.4 Å². The first-order valence-corrected chi connectivity index (χ1v) is 8.95. The SMILES string of the molecule is CN(Cc1c(Cl)cnn1C)C(=O)c1ccn(COc2ccc(Br)cc2)n1. The van der Waals surface area contributed by atoms with Crippen LogP contribution in [0.4, 0.5) is 0 Å². The predicted molar refractivity (Wildman–Crippen MR) is 101 cm³/mol. The van der Waals surface area contributed by atoms with Gasteiger partial charge in [0.05, 0.1) is 23.5 Å². The van der Waals surface area contributed by atoms with Crippen LogP contribution < -0.4 is 4.74 Å². The molecule has 1 amide bonds. The first-order valence-electron chi connectivity index (χ1n) is 7.77. The van der Waals surface area contributed by atoms with E-state index in [1.165, 1.54) is 0 Å². The Labute approximate surface area is 164 Å². The summed E-state index contributed by atoms with van der Waals surface area (Å²) < 4.78 is 9.84. The fourth-order valence-corrected chi connectivity index (χ4v) is 2.82. The summed E-state index contributed by atoms with van der Waals surface area (Å²) >= 11 is 9.47. The van der Waals surface area contributed by atoms with Gasteiger partial charge in [-0.05, 0) is 30.3 Å². The number of carbonyl (C=O) groups excluding carboxylic acids is 1. The van der Waals surface area contributed by atoms with Gasteiger partial charge in [-0.1, -0.05) is 27.5 Å². The molecule has 0 bridgehead atoms. The van der Waals surface area contributed by atoms with Crippen molar-refractivity contribution in [2.75, 3.05) is 7.05 Å². The van der Waals surface area contributed by atoms with E-state index in [4.69, 9.17) is 16.3 Å². The summed E-state index contributed by atoms with van der Waals surface area (Å²) in [6.07, 6.45) is 3.26. The van der Waals surface area contributed by atoms with Crippen molar-refractivity contribution in [3.05, 3.63) is 63.6 Å².